The van der Waals surface area contributed by atoms with Crippen molar-refractivity contribution in [1.82, 2.24) is 0 Å². The lowest BCUT2D eigenvalue weighted by Crippen LogP contribution is -2.19. The minimum atomic E-state index is 0.183. The minimum absolute atomic E-state index is 0.183. The molecule has 1 aromatic rings. The van der Waals surface area contributed by atoms with Gasteiger partial charge in [0.2, 0.25) is 0 Å². The first-order valence-electron chi connectivity index (χ1n) is 7.26. The van der Waals surface area contributed by atoms with E-state index in [0.29, 0.717) is 0 Å². The van der Waals surface area contributed by atoms with Crippen LogP contribution in [0.5, 0.6) is 0 Å². The molecule has 3 heteroatoms. The van der Waals surface area contributed by atoms with Gasteiger partial charge in [0.25, 0.3) is 0 Å². The predicted octanol–water partition coefficient (Wildman–Crippen LogP) is 4.90. The largest absolute Gasteiger partial charge is 0.328 e. The number of hydrogen-bond donors (Lipinski definition) is 1. The topological polar surface area (TPSA) is 26.0 Å². The molecule has 0 spiro atoms. The molecule has 0 amide bonds. The molecule has 19 heavy (non-hydrogen) atoms. The Balaban J connectivity index is 2.13. The van der Waals surface area contributed by atoms with Crippen LogP contribution in [0.3, 0.4) is 0 Å². The molecule has 3 atom stereocenters. The van der Waals surface area contributed by atoms with Crippen LogP contribution in [0.15, 0.2) is 23.1 Å². The Labute approximate surface area is 126 Å². The van der Waals surface area contributed by atoms with Crippen LogP contribution in [0.1, 0.15) is 45.1 Å². The molecule has 0 aliphatic heterocycles. The first-order valence-corrected chi connectivity index (χ1v) is 8.51. The molecule has 2 N–H and O–H groups in total. The predicted molar refractivity (Wildman–Crippen MR) is 86.1 cm³/mol. The molecule has 2 rings (SSSR count). The zero-order valence-electron chi connectivity index (χ0n) is 11.9. The monoisotopic (exact) mass is 297 g/mol. The van der Waals surface area contributed by atoms with Gasteiger partial charge in [-0.2, -0.15) is 0 Å². The normalized spacial score (nSPS) is 25.3. The fourth-order valence-corrected chi connectivity index (χ4v) is 4.70. The van der Waals surface area contributed by atoms with Crippen molar-refractivity contribution < 1.29 is 0 Å². The van der Waals surface area contributed by atoms with E-state index in [1.807, 2.05) is 23.9 Å². The van der Waals surface area contributed by atoms with Crippen molar-refractivity contribution >= 4 is 23.4 Å². The molecule has 1 nitrogen and oxygen atoms in total. The number of halogens is 1. The molecule has 1 aliphatic carbocycles. The highest BCUT2D eigenvalue weighted by Gasteiger charge is 2.22. The van der Waals surface area contributed by atoms with Crippen LogP contribution in [0.25, 0.3) is 0 Å². The SMILES string of the molecule is CC(N)Cc1cccc(Cl)c1SC1CCCC(C)C1. The molecule has 0 radical (unpaired) electrons. The molecule has 0 heterocycles. The third-order valence-corrected chi connectivity index (χ3v) is 5.67. The second-order valence-corrected chi connectivity index (χ2v) is 7.64. The first-order chi connectivity index (χ1) is 9.06. The summed E-state index contributed by atoms with van der Waals surface area (Å²) < 4.78 is 0. The van der Waals surface area contributed by atoms with E-state index in [-0.39, 0.29) is 6.04 Å². The quantitative estimate of drug-likeness (QED) is 0.855. The number of nitrogens with two attached hydrogens (primary N) is 1. The summed E-state index contributed by atoms with van der Waals surface area (Å²) in [4.78, 5) is 1.26. The Kier molecular flexibility index (Phi) is 5.61. The van der Waals surface area contributed by atoms with E-state index in [1.54, 1.807) is 0 Å². The van der Waals surface area contributed by atoms with Crippen molar-refractivity contribution in [2.24, 2.45) is 11.7 Å². The van der Waals surface area contributed by atoms with Gasteiger partial charge in [-0.25, -0.2) is 0 Å². The molecular weight excluding hydrogens is 274 g/mol. The highest BCUT2D eigenvalue weighted by molar-refractivity contribution is 8.00. The second kappa shape index (κ2) is 7.01. The Morgan fingerprint density at radius 1 is 1.42 bits per heavy atom. The minimum Gasteiger partial charge on any atom is -0.328 e. The van der Waals surface area contributed by atoms with Crippen molar-refractivity contribution in [3.05, 3.63) is 28.8 Å². The van der Waals surface area contributed by atoms with E-state index < -0.39 is 0 Å². The highest BCUT2D eigenvalue weighted by Crippen LogP contribution is 2.40. The van der Waals surface area contributed by atoms with Gasteiger partial charge in [0.15, 0.2) is 0 Å². The van der Waals surface area contributed by atoms with E-state index in [1.165, 1.54) is 36.1 Å². The average molecular weight is 298 g/mol. The van der Waals surface area contributed by atoms with Crippen LogP contribution in [0.2, 0.25) is 5.02 Å². The Bertz CT molecular complexity index is 419. The lowest BCUT2D eigenvalue weighted by Gasteiger charge is -2.27. The first kappa shape index (κ1) is 15.2. The summed E-state index contributed by atoms with van der Waals surface area (Å²) in [5, 5.41) is 1.61. The summed E-state index contributed by atoms with van der Waals surface area (Å²) in [7, 11) is 0. The Morgan fingerprint density at radius 2 is 2.21 bits per heavy atom. The third-order valence-electron chi connectivity index (χ3n) is 3.76. The third kappa shape index (κ3) is 4.40. The Hall–Kier alpha value is -0.180. The summed E-state index contributed by atoms with van der Waals surface area (Å²) in [6.07, 6.45) is 6.27. The van der Waals surface area contributed by atoms with Gasteiger partial charge < -0.3 is 5.73 Å². The van der Waals surface area contributed by atoms with Crippen molar-refractivity contribution in [1.29, 1.82) is 0 Å². The molecule has 1 saturated carbocycles. The van der Waals surface area contributed by atoms with E-state index in [2.05, 4.69) is 19.9 Å². The molecule has 0 bridgehead atoms. The van der Waals surface area contributed by atoms with Gasteiger partial charge in [-0.05, 0) is 43.7 Å². The summed E-state index contributed by atoms with van der Waals surface area (Å²) in [5.41, 5.74) is 7.26. The molecule has 1 fully saturated rings. The van der Waals surface area contributed by atoms with Crippen LogP contribution in [0.4, 0.5) is 0 Å². The van der Waals surface area contributed by atoms with E-state index in [4.69, 9.17) is 17.3 Å². The lowest BCUT2D eigenvalue weighted by atomic mass is 9.91. The van der Waals surface area contributed by atoms with Gasteiger partial charge >= 0.3 is 0 Å². The Morgan fingerprint density at radius 3 is 2.89 bits per heavy atom. The molecule has 0 aromatic heterocycles. The fraction of sp³-hybridized carbons (Fsp3) is 0.625. The van der Waals surface area contributed by atoms with Crippen molar-refractivity contribution in [3.63, 3.8) is 0 Å². The maximum atomic E-state index is 6.41. The van der Waals surface area contributed by atoms with E-state index in [0.717, 1.165) is 22.6 Å². The molecule has 3 unspecified atom stereocenters. The van der Waals surface area contributed by atoms with Gasteiger partial charge in [-0.15, -0.1) is 11.8 Å². The van der Waals surface area contributed by atoms with Crippen molar-refractivity contribution in [3.8, 4) is 0 Å². The van der Waals surface area contributed by atoms with Crippen molar-refractivity contribution in [2.75, 3.05) is 0 Å². The molecule has 1 aromatic carbocycles. The smallest absolute Gasteiger partial charge is 0.0544 e. The number of rotatable bonds is 4. The summed E-state index contributed by atoms with van der Waals surface area (Å²) >= 11 is 8.38. The summed E-state index contributed by atoms with van der Waals surface area (Å²) in [5.74, 6) is 0.852. The van der Waals surface area contributed by atoms with Crippen LogP contribution in [0, 0.1) is 5.92 Å². The van der Waals surface area contributed by atoms with Crippen LogP contribution < -0.4 is 5.73 Å². The zero-order chi connectivity index (χ0) is 13.8. The fourth-order valence-electron chi connectivity index (χ4n) is 2.85. The standard InChI is InChI=1S/C16H24ClNS/c1-11-5-3-7-14(9-11)19-16-13(10-12(2)18)6-4-8-15(16)17/h4,6,8,11-12,14H,3,5,7,9-10,18H2,1-2H3. The lowest BCUT2D eigenvalue weighted by molar-refractivity contribution is 0.394. The van der Waals surface area contributed by atoms with E-state index in [9.17, 15) is 0 Å². The zero-order valence-corrected chi connectivity index (χ0v) is 13.4. The molecular formula is C16H24ClNS. The van der Waals surface area contributed by atoms with Crippen LogP contribution in [-0.4, -0.2) is 11.3 Å². The van der Waals surface area contributed by atoms with Gasteiger partial charge in [0, 0.05) is 16.2 Å². The number of benzene rings is 1. The van der Waals surface area contributed by atoms with Gasteiger partial charge in [0.05, 0.1) is 5.02 Å². The molecule has 0 saturated heterocycles. The maximum absolute atomic E-state index is 6.41. The average Bonchev–Trinajstić information content (AvgIpc) is 2.33. The van der Waals surface area contributed by atoms with Gasteiger partial charge in [-0.1, -0.05) is 43.5 Å². The van der Waals surface area contributed by atoms with Crippen LogP contribution >= 0.6 is 23.4 Å². The van der Waals surface area contributed by atoms with Crippen molar-refractivity contribution in [2.45, 2.75) is 62.1 Å². The summed E-state index contributed by atoms with van der Waals surface area (Å²) in [6.45, 7) is 4.42. The number of hydrogen-bond acceptors (Lipinski definition) is 2. The molecule has 1 aliphatic rings. The van der Waals surface area contributed by atoms with Gasteiger partial charge in [0.1, 0.15) is 0 Å². The van der Waals surface area contributed by atoms with Crippen LogP contribution in [-0.2, 0) is 6.42 Å². The molecule has 106 valence electrons. The maximum Gasteiger partial charge on any atom is 0.0544 e. The highest BCUT2D eigenvalue weighted by atomic mass is 35.5. The summed E-state index contributed by atoms with van der Waals surface area (Å²) in [6, 6.07) is 6.39. The second-order valence-electron chi connectivity index (χ2n) is 5.92. The number of thioether (sulfide) groups is 1. The van der Waals surface area contributed by atoms with Gasteiger partial charge in [-0.3, -0.25) is 0 Å². The van der Waals surface area contributed by atoms with E-state index >= 15 is 0 Å².